The third-order valence-corrected chi connectivity index (χ3v) is 1.77. The number of carbonyl (C=O) groups is 1. The van der Waals surface area contributed by atoms with Crippen molar-refractivity contribution in [2.24, 2.45) is 0 Å². The Bertz CT molecular complexity index is 362. The molecule has 0 unspecified atom stereocenters. The van der Waals surface area contributed by atoms with Crippen LogP contribution in [0, 0.1) is 12.3 Å². The smallest absolute Gasteiger partial charge is 0.216 e. The summed E-state index contributed by atoms with van der Waals surface area (Å²) in [5.41, 5.74) is 0.823. The van der Waals surface area contributed by atoms with Crippen molar-refractivity contribution in [1.29, 1.82) is 0 Å². The average Bonchev–Trinajstić information content (AvgIpc) is 2.25. The van der Waals surface area contributed by atoms with Crippen LogP contribution in [0.25, 0.3) is 0 Å². The van der Waals surface area contributed by atoms with E-state index in [4.69, 9.17) is 11.2 Å². The lowest BCUT2D eigenvalue weighted by Crippen LogP contribution is -2.25. The Morgan fingerprint density at radius 1 is 1.47 bits per heavy atom. The summed E-state index contributed by atoms with van der Waals surface area (Å²) in [7, 11) is 0. The molecule has 1 N–H and O–H groups in total. The number of amides is 1. The molecule has 0 aliphatic rings. The highest BCUT2D eigenvalue weighted by atomic mass is 16.5. The number of benzene rings is 1. The summed E-state index contributed by atoms with van der Waals surface area (Å²) in [6.45, 7) is 2.43. The molecule has 1 rings (SSSR count). The zero-order valence-corrected chi connectivity index (χ0v) is 8.62. The Hall–Kier alpha value is -1.95. The van der Waals surface area contributed by atoms with Gasteiger partial charge in [0.2, 0.25) is 5.91 Å². The number of rotatable bonds is 4. The van der Waals surface area contributed by atoms with Crippen LogP contribution < -0.4 is 10.1 Å². The fourth-order valence-electron chi connectivity index (χ4n) is 1.04. The fraction of sp³-hybridized carbons (Fsp3) is 0.250. The third-order valence-electron chi connectivity index (χ3n) is 1.77. The SMILES string of the molecule is C#Cc1ccc(OCCNC(C)=O)cc1. The first-order chi connectivity index (χ1) is 7.22. The van der Waals surface area contributed by atoms with Gasteiger partial charge in [0.25, 0.3) is 0 Å². The van der Waals surface area contributed by atoms with Gasteiger partial charge in [-0.2, -0.15) is 0 Å². The van der Waals surface area contributed by atoms with Gasteiger partial charge in [-0.3, -0.25) is 4.79 Å². The molecule has 0 saturated heterocycles. The topological polar surface area (TPSA) is 38.3 Å². The van der Waals surface area contributed by atoms with E-state index in [1.165, 1.54) is 6.92 Å². The van der Waals surface area contributed by atoms with Crippen molar-refractivity contribution in [2.75, 3.05) is 13.2 Å². The summed E-state index contributed by atoms with van der Waals surface area (Å²) in [6.07, 6.45) is 5.22. The van der Waals surface area contributed by atoms with Crippen molar-refractivity contribution in [3.05, 3.63) is 29.8 Å². The first-order valence-electron chi connectivity index (χ1n) is 4.66. The fourth-order valence-corrected chi connectivity index (χ4v) is 1.04. The van der Waals surface area contributed by atoms with E-state index in [1.807, 2.05) is 24.3 Å². The van der Waals surface area contributed by atoms with Crippen LogP contribution in [0.1, 0.15) is 12.5 Å². The van der Waals surface area contributed by atoms with Gasteiger partial charge in [0, 0.05) is 12.5 Å². The van der Waals surface area contributed by atoms with E-state index in [1.54, 1.807) is 0 Å². The van der Waals surface area contributed by atoms with Crippen molar-refractivity contribution >= 4 is 5.91 Å². The Kier molecular flexibility index (Phi) is 4.24. The molecule has 3 nitrogen and oxygen atoms in total. The average molecular weight is 203 g/mol. The summed E-state index contributed by atoms with van der Waals surface area (Å²) in [5.74, 6) is 3.22. The van der Waals surface area contributed by atoms with E-state index in [-0.39, 0.29) is 5.91 Å². The second-order valence-electron chi connectivity index (χ2n) is 3.00. The van der Waals surface area contributed by atoms with E-state index in [2.05, 4.69) is 11.2 Å². The summed E-state index contributed by atoms with van der Waals surface area (Å²) in [5, 5.41) is 2.64. The second-order valence-corrected chi connectivity index (χ2v) is 3.00. The standard InChI is InChI=1S/C12H13NO2/c1-3-11-4-6-12(7-5-11)15-9-8-13-10(2)14/h1,4-7H,8-9H2,2H3,(H,13,14). The monoisotopic (exact) mass is 203 g/mol. The largest absolute Gasteiger partial charge is 0.492 e. The van der Waals surface area contributed by atoms with E-state index in [9.17, 15) is 4.79 Å². The summed E-state index contributed by atoms with van der Waals surface area (Å²) in [4.78, 5) is 10.5. The molecule has 0 saturated carbocycles. The number of terminal acetylenes is 1. The molecule has 0 atom stereocenters. The van der Waals surface area contributed by atoms with Crippen LogP contribution in [0.2, 0.25) is 0 Å². The lowest BCUT2D eigenvalue weighted by Gasteiger charge is -2.06. The predicted octanol–water partition coefficient (Wildman–Crippen LogP) is 1.18. The first kappa shape index (κ1) is 11.1. The van der Waals surface area contributed by atoms with E-state index in [0.717, 1.165) is 11.3 Å². The molecule has 0 fully saturated rings. The quantitative estimate of drug-likeness (QED) is 0.589. The van der Waals surface area contributed by atoms with Gasteiger partial charge in [0.05, 0.1) is 6.54 Å². The maximum Gasteiger partial charge on any atom is 0.216 e. The molecule has 1 aromatic rings. The minimum Gasteiger partial charge on any atom is -0.492 e. The van der Waals surface area contributed by atoms with Gasteiger partial charge >= 0.3 is 0 Å². The number of nitrogens with one attached hydrogen (secondary N) is 1. The van der Waals surface area contributed by atoms with Gasteiger partial charge in [-0.25, -0.2) is 0 Å². The third kappa shape index (κ3) is 4.19. The molecular weight excluding hydrogens is 190 g/mol. The van der Waals surface area contributed by atoms with Crippen LogP contribution in [-0.2, 0) is 4.79 Å². The molecular formula is C12H13NO2. The van der Waals surface area contributed by atoms with Crippen molar-refractivity contribution < 1.29 is 9.53 Å². The van der Waals surface area contributed by atoms with Gasteiger partial charge in [-0.1, -0.05) is 5.92 Å². The molecule has 0 spiro atoms. The lowest BCUT2D eigenvalue weighted by atomic mass is 10.2. The Balaban J connectivity index is 2.32. The molecule has 15 heavy (non-hydrogen) atoms. The van der Waals surface area contributed by atoms with Crippen LogP contribution in [0.3, 0.4) is 0 Å². The van der Waals surface area contributed by atoms with Crippen LogP contribution >= 0.6 is 0 Å². The highest BCUT2D eigenvalue weighted by molar-refractivity contribution is 5.72. The van der Waals surface area contributed by atoms with Crippen LogP contribution in [0.4, 0.5) is 0 Å². The minimum atomic E-state index is -0.0544. The van der Waals surface area contributed by atoms with Crippen molar-refractivity contribution in [1.82, 2.24) is 5.32 Å². The maximum absolute atomic E-state index is 10.5. The number of ether oxygens (including phenoxy) is 1. The van der Waals surface area contributed by atoms with E-state index < -0.39 is 0 Å². The normalized spacial score (nSPS) is 9.07. The molecule has 0 aromatic heterocycles. The molecule has 0 aliphatic heterocycles. The molecule has 0 heterocycles. The van der Waals surface area contributed by atoms with Gasteiger partial charge in [0.15, 0.2) is 0 Å². The number of hydrogen-bond donors (Lipinski definition) is 1. The van der Waals surface area contributed by atoms with Crippen LogP contribution in [-0.4, -0.2) is 19.1 Å². The first-order valence-corrected chi connectivity index (χ1v) is 4.66. The summed E-state index contributed by atoms with van der Waals surface area (Å²) >= 11 is 0. The zero-order chi connectivity index (χ0) is 11.1. The molecule has 0 aliphatic carbocycles. The van der Waals surface area contributed by atoms with Gasteiger partial charge < -0.3 is 10.1 Å². The van der Waals surface area contributed by atoms with Crippen LogP contribution in [0.15, 0.2) is 24.3 Å². The van der Waals surface area contributed by atoms with Crippen molar-refractivity contribution in [3.63, 3.8) is 0 Å². The van der Waals surface area contributed by atoms with Crippen LogP contribution in [0.5, 0.6) is 5.75 Å². The molecule has 3 heteroatoms. The highest BCUT2D eigenvalue weighted by Gasteiger charge is 1.94. The van der Waals surface area contributed by atoms with E-state index >= 15 is 0 Å². The maximum atomic E-state index is 10.5. The molecule has 78 valence electrons. The van der Waals surface area contributed by atoms with Gasteiger partial charge in [0.1, 0.15) is 12.4 Å². The molecule has 1 aromatic carbocycles. The van der Waals surface area contributed by atoms with Crippen molar-refractivity contribution in [2.45, 2.75) is 6.92 Å². The summed E-state index contributed by atoms with van der Waals surface area (Å²) in [6, 6.07) is 7.24. The van der Waals surface area contributed by atoms with Crippen molar-refractivity contribution in [3.8, 4) is 18.1 Å². The number of hydrogen-bond acceptors (Lipinski definition) is 2. The molecule has 0 bridgehead atoms. The van der Waals surface area contributed by atoms with E-state index in [0.29, 0.717) is 13.2 Å². The Morgan fingerprint density at radius 2 is 2.13 bits per heavy atom. The van der Waals surface area contributed by atoms with Gasteiger partial charge in [-0.15, -0.1) is 6.42 Å². The highest BCUT2D eigenvalue weighted by Crippen LogP contribution is 2.10. The van der Waals surface area contributed by atoms with Gasteiger partial charge in [-0.05, 0) is 24.3 Å². The Morgan fingerprint density at radius 3 is 2.67 bits per heavy atom. The minimum absolute atomic E-state index is 0.0544. The predicted molar refractivity (Wildman–Crippen MR) is 58.6 cm³/mol. The molecule has 1 amide bonds. The Labute approximate surface area is 89.4 Å². The number of carbonyl (C=O) groups excluding carboxylic acids is 1. The lowest BCUT2D eigenvalue weighted by molar-refractivity contribution is -0.119. The zero-order valence-electron chi connectivity index (χ0n) is 8.62. The summed E-state index contributed by atoms with van der Waals surface area (Å²) < 4.78 is 5.37. The molecule has 0 radical (unpaired) electrons. The second kappa shape index (κ2) is 5.71.